The second-order valence-electron chi connectivity index (χ2n) is 8.09. The summed E-state index contributed by atoms with van der Waals surface area (Å²) in [5, 5.41) is 14.1. The predicted octanol–water partition coefficient (Wildman–Crippen LogP) is 3.69. The summed E-state index contributed by atoms with van der Waals surface area (Å²) in [4.78, 5) is 16.6. The average Bonchev–Trinajstić information content (AvgIpc) is 2.94. The van der Waals surface area contributed by atoms with Gasteiger partial charge in [0.1, 0.15) is 0 Å². The monoisotopic (exact) mass is 379 g/mol. The zero-order valence-corrected chi connectivity index (χ0v) is 16.3. The largest absolute Gasteiger partial charge is 0.371 e. The van der Waals surface area contributed by atoms with E-state index in [2.05, 4.69) is 34.5 Å². The van der Waals surface area contributed by atoms with Gasteiger partial charge < -0.3 is 10.4 Å². The van der Waals surface area contributed by atoms with Gasteiger partial charge in [0, 0.05) is 13.1 Å². The molecule has 1 heterocycles. The zero-order valence-electron chi connectivity index (χ0n) is 16.3. The van der Waals surface area contributed by atoms with E-state index in [1.807, 2.05) is 36.4 Å². The molecule has 1 aliphatic carbocycles. The van der Waals surface area contributed by atoms with Crippen molar-refractivity contribution in [3.63, 3.8) is 0 Å². The first-order valence-corrected chi connectivity index (χ1v) is 10.2. The summed E-state index contributed by atoms with van der Waals surface area (Å²) in [6.45, 7) is 1.84. The fraction of sp³-hybridized carbons (Fsp3) is 0.435. The summed E-state index contributed by atoms with van der Waals surface area (Å²) < 4.78 is 0. The molecule has 148 valence electrons. The maximum Gasteiger partial charge on any atom is 0.321 e. The molecule has 2 aromatic rings. The van der Waals surface area contributed by atoms with Crippen LogP contribution in [0.5, 0.6) is 0 Å². The SMILES string of the molecule is O=C1NC2(CCCCC2)C(O)N1CN(Cc1ccccc1)Cc1ccccc1. The van der Waals surface area contributed by atoms with Crippen LogP contribution in [-0.4, -0.2) is 39.4 Å². The minimum Gasteiger partial charge on any atom is -0.371 e. The minimum atomic E-state index is -0.769. The Labute approximate surface area is 167 Å². The normalized spacial score (nSPS) is 21.3. The standard InChI is InChI=1S/C23H29N3O2/c27-21-23(14-8-3-9-15-23)24-22(28)26(21)18-25(16-19-10-4-1-5-11-19)17-20-12-6-2-7-13-20/h1-2,4-7,10-13,21,27H,3,8-9,14-18H2,(H,24,28). The van der Waals surface area contributed by atoms with E-state index in [4.69, 9.17) is 0 Å². The summed E-state index contributed by atoms with van der Waals surface area (Å²) in [5.41, 5.74) is 1.92. The zero-order chi connectivity index (χ0) is 19.4. The molecule has 0 bridgehead atoms. The topological polar surface area (TPSA) is 55.8 Å². The number of carbonyl (C=O) groups is 1. The number of nitrogens with zero attached hydrogens (tertiary/aromatic N) is 2. The molecule has 2 aromatic carbocycles. The van der Waals surface area contributed by atoms with Crippen LogP contribution in [0.2, 0.25) is 0 Å². The third kappa shape index (κ3) is 4.05. The van der Waals surface area contributed by atoms with Crippen molar-refractivity contribution < 1.29 is 9.90 Å². The fourth-order valence-electron chi connectivity index (χ4n) is 4.52. The lowest BCUT2D eigenvalue weighted by Gasteiger charge is -2.37. The highest BCUT2D eigenvalue weighted by molar-refractivity contribution is 5.78. The maximum absolute atomic E-state index is 12.7. The molecule has 2 aliphatic rings. The smallest absolute Gasteiger partial charge is 0.321 e. The van der Waals surface area contributed by atoms with Gasteiger partial charge in [-0.15, -0.1) is 0 Å². The van der Waals surface area contributed by atoms with Gasteiger partial charge in [-0.05, 0) is 24.0 Å². The van der Waals surface area contributed by atoms with Crippen LogP contribution in [0.1, 0.15) is 43.2 Å². The third-order valence-corrected chi connectivity index (χ3v) is 6.00. The molecule has 1 unspecified atom stereocenters. The highest BCUT2D eigenvalue weighted by Gasteiger charge is 2.51. The quantitative estimate of drug-likeness (QED) is 0.805. The molecule has 5 nitrogen and oxygen atoms in total. The van der Waals surface area contributed by atoms with E-state index in [-0.39, 0.29) is 6.03 Å². The van der Waals surface area contributed by atoms with Gasteiger partial charge in [0.15, 0.2) is 6.23 Å². The van der Waals surface area contributed by atoms with Gasteiger partial charge in [-0.2, -0.15) is 0 Å². The number of nitrogens with one attached hydrogen (secondary N) is 1. The lowest BCUT2D eigenvalue weighted by Crippen LogP contribution is -2.52. The Hall–Kier alpha value is -2.37. The first-order valence-electron chi connectivity index (χ1n) is 10.2. The van der Waals surface area contributed by atoms with Crippen molar-refractivity contribution in [1.82, 2.24) is 15.1 Å². The van der Waals surface area contributed by atoms with Gasteiger partial charge in [-0.1, -0.05) is 79.9 Å². The summed E-state index contributed by atoms with van der Waals surface area (Å²) in [6, 6.07) is 20.4. The first kappa shape index (κ1) is 19.0. The van der Waals surface area contributed by atoms with Crippen molar-refractivity contribution in [3.05, 3.63) is 71.8 Å². The van der Waals surface area contributed by atoms with E-state index < -0.39 is 11.8 Å². The highest BCUT2D eigenvalue weighted by atomic mass is 16.3. The van der Waals surface area contributed by atoms with Crippen molar-refractivity contribution >= 4 is 6.03 Å². The van der Waals surface area contributed by atoms with Crippen LogP contribution >= 0.6 is 0 Å². The number of rotatable bonds is 6. The Bertz CT molecular complexity index is 733. The van der Waals surface area contributed by atoms with Crippen molar-refractivity contribution in [2.24, 2.45) is 0 Å². The molecule has 5 heteroatoms. The van der Waals surface area contributed by atoms with Crippen molar-refractivity contribution in [3.8, 4) is 0 Å². The van der Waals surface area contributed by atoms with E-state index in [9.17, 15) is 9.90 Å². The van der Waals surface area contributed by atoms with Crippen molar-refractivity contribution in [1.29, 1.82) is 0 Å². The Balaban J connectivity index is 1.52. The highest BCUT2D eigenvalue weighted by Crippen LogP contribution is 2.36. The molecule has 4 rings (SSSR count). The second kappa shape index (κ2) is 8.33. The molecule has 0 radical (unpaired) electrons. The van der Waals surface area contributed by atoms with Crippen LogP contribution in [-0.2, 0) is 13.1 Å². The van der Waals surface area contributed by atoms with Gasteiger partial charge in [0.05, 0.1) is 12.2 Å². The van der Waals surface area contributed by atoms with Gasteiger partial charge in [-0.25, -0.2) is 4.79 Å². The number of aliphatic hydroxyl groups excluding tert-OH is 1. The number of amides is 2. The van der Waals surface area contributed by atoms with Gasteiger partial charge >= 0.3 is 6.03 Å². The van der Waals surface area contributed by atoms with Crippen LogP contribution in [0.4, 0.5) is 4.79 Å². The maximum atomic E-state index is 12.7. The Morgan fingerprint density at radius 3 is 2.00 bits per heavy atom. The summed E-state index contributed by atoms with van der Waals surface area (Å²) >= 11 is 0. The van der Waals surface area contributed by atoms with E-state index in [1.165, 1.54) is 17.5 Å². The molecule has 2 fully saturated rings. The van der Waals surface area contributed by atoms with Crippen LogP contribution in [0.3, 0.4) is 0 Å². The number of carbonyl (C=O) groups excluding carboxylic acids is 1. The number of hydrogen-bond donors (Lipinski definition) is 2. The van der Waals surface area contributed by atoms with Gasteiger partial charge in [0.2, 0.25) is 0 Å². The summed E-state index contributed by atoms with van der Waals surface area (Å²) in [5.74, 6) is 0. The van der Waals surface area contributed by atoms with Crippen LogP contribution in [0.15, 0.2) is 60.7 Å². The molecule has 2 N–H and O–H groups in total. The average molecular weight is 380 g/mol. The third-order valence-electron chi connectivity index (χ3n) is 6.00. The predicted molar refractivity (Wildman–Crippen MR) is 109 cm³/mol. The van der Waals surface area contributed by atoms with Crippen LogP contribution in [0.25, 0.3) is 0 Å². The van der Waals surface area contributed by atoms with Crippen LogP contribution in [0, 0.1) is 0 Å². The molecule has 1 aliphatic heterocycles. The van der Waals surface area contributed by atoms with Crippen LogP contribution < -0.4 is 5.32 Å². The molecule has 1 saturated carbocycles. The Morgan fingerprint density at radius 1 is 0.929 bits per heavy atom. The van der Waals surface area contributed by atoms with Crippen molar-refractivity contribution in [2.75, 3.05) is 6.67 Å². The number of aliphatic hydroxyl groups is 1. The fourth-order valence-corrected chi connectivity index (χ4v) is 4.52. The van der Waals surface area contributed by atoms with E-state index >= 15 is 0 Å². The molecule has 1 spiro atoms. The van der Waals surface area contributed by atoms with Crippen molar-refractivity contribution in [2.45, 2.75) is 57.0 Å². The molecule has 0 aromatic heterocycles. The number of urea groups is 1. The van der Waals surface area contributed by atoms with E-state index in [1.54, 1.807) is 4.90 Å². The number of benzene rings is 2. The first-order chi connectivity index (χ1) is 13.7. The molecular weight excluding hydrogens is 350 g/mol. The van der Waals surface area contributed by atoms with E-state index in [0.717, 1.165) is 38.8 Å². The summed E-state index contributed by atoms with van der Waals surface area (Å²) in [7, 11) is 0. The summed E-state index contributed by atoms with van der Waals surface area (Å²) in [6.07, 6.45) is 4.24. The molecule has 2 amide bonds. The molecular formula is C23H29N3O2. The van der Waals surface area contributed by atoms with E-state index in [0.29, 0.717) is 6.67 Å². The second-order valence-corrected chi connectivity index (χ2v) is 8.09. The molecule has 1 atom stereocenters. The molecule has 1 saturated heterocycles. The van der Waals surface area contributed by atoms with Gasteiger partial charge in [0.25, 0.3) is 0 Å². The molecule has 28 heavy (non-hydrogen) atoms. The lowest BCUT2D eigenvalue weighted by molar-refractivity contribution is -0.0354. The lowest BCUT2D eigenvalue weighted by atomic mass is 9.81. The number of hydrogen-bond acceptors (Lipinski definition) is 3. The Kier molecular flexibility index (Phi) is 5.64. The Morgan fingerprint density at radius 2 is 1.46 bits per heavy atom. The minimum absolute atomic E-state index is 0.152. The van der Waals surface area contributed by atoms with Gasteiger partial charge in [-0.3, -0.25) is 9.80 Å².